The zero-order valence-electron chi connectivity index (χ0n) is 9.23. The molecule has 0 fully saturated rings. The second kappa shape index (κ2) is 3.90. The number of oxime groups is 1. The molecule has 0 saturated heterocycles. The first-order valence-corrected chi connectivity index (χ1v) is 6.64. The molecular formula is C11H13NO3S. The molecule has 1 heterocycles. The molecule has 5 heteroatoms. The highest BCUT2D eigenvalue weighted by atomic mass is 32.2. The summed E-state index contributed by atoms with van der Waals surface area (Å²) in [5.41, 5.74) is 2.14. The zero-order chi connectivity index (χ0) is 11.8. The maximum Gasteiger partial charge on any atom is 0.179 e. The van der Waals surface area contributed by atoms with Crippen LogP contribution in [0.2, 0.25) is 0 Å². The van der Waals surface area contributed by atoms with Crippen LogP contribution in [0.4, 0.5) is 0 Å². The van der Waals surface area contributed by atoms with Crippen LogP contribution in [-0.2, 0) is 14.7 Å². The molecule has 0 N–H and O–H groups in total. The van der Waals surface area contributed by atoms with Crippen molar-refractivity contribution < 1.29 is 13.3 Å². The van der Waals surface area contributed by atoms with Gasteiger partial charge in [0.2, 0.25) is 0 Å². The van der Waals surface area contributed by atoms with E-state index in [0.717, 1.165) is 5.56 Å². The Bertz CT molecular complexity index is 546. The Morgan fingerprint density at radius 3 is 2.81 bits per heavy atom. The van der Waals surface area contributed by atoms with Gasteiger partial charge in [-0.2, -0.15) is 0 Å². The van der Waals surface area contributed by atoms with Crippen molar-refractivity contribution in [2.45, 2.75) is 18.2 Å². The molecule has 1 aromatic carbocycles. The minimum absolute atomic E-state index is 0.104. The van der Waals surface area contributed by atoms with E-state index in [9.17, 15) is 8.42 Å². The van der Waals surface area contributed by atoms with Crippen LogP contribution in [0.15, 0.2) is 28.3 Å². The van der Waals surface area contributed by atoms with Crippen molar-refractivity contribution in [3.05, 3.63) is 29.3 Å². The summed E-state index contributed by atoms with van der Waals surface area (Å²) in [6.07, 6.45) is 0.409. The fraction of sp³-hybridized carbons (Fsp3) is 0.364. The van der Waals surface area contributed by atoms with Gasteiger partial charge in [0.25, 0.3) is 0 Å². The fourth-order valence-corrected chi connectivity index (χ4v) is 3.71. The highest BCUT2D eigenvalue weighted by Gasteiger charge is 2.29. The molecule has 4 nitrogen and oxygen atoms in total. The first-order valence-electron chi connectivity index (χ1n) is 4.99. The standard InChI is InChI=1S/C11H13NO3S/c1-8-4-3-5-9-10(12-15-2)6-7-16(13,14)11(8)9/h3-5H,6-7H2,1-2H3/b12-10-. The number of nitrogens with zero attached hydrogens (tertiary/aromatic N) is 1. The zero-order valence-corrected chi connectivity index (χ0v) is 10.0. The summed E-state index contributed by atoms with van der Waals surface area (Å²) in [7, 11) is -1.70. The van der Waals surface area contributed by atoms with E-state index in [1.165, 1.54) is 7.11 Å². The average Bonchev–Trinajstić information content (AvgIpc) is 2.22. The number of hydrogen-bond acceptors (Lipinski definition) is 4. The lowest BCUT2D eigenvalue weighted by Gasteiger charge is -2.19. The topological polar surface area (TPSA) is 55.7 Å². The van der Waals surface area contributed by atoms with E-state index in [2.05, 4.69) is 5.16 Å². The largest absolute Gasteiger partial charge is 0.399 e. The molecule has 2 rings (SSSR count). The summed E-state index contributed by atoms with van der Waals surface area (Å²) >= 11 is 0. The molecule has 0 aliphatic carbocycles. The highest BCUT2D eigenvalue weighted by Crippen LogP contribution is 2.28. The number of rotatable bonds is 1. The third kappa shape index (κ3) is 1.71. The molecule has 16 heavy (non-hydrogen) atoms. The number of hydrogen-bond donors (Lipinski definition) is 0. The third-order valence-electron chi connectivity index (χ3n) is 2.64. The van der Waals surface area contributed by atoms with E-state index >= 15 is 0 Å². The van der Waals surface area contributed by atoms with Crippen molar-refractivity contribution in [2.24, 2.45) is 5.16 Å². The minimum Gasteiger partial charge on any atom is -0.399 e. The first-order chi connectivity index (χ1) is 7.56. The van der Waals surface area contributed by atoms with E-state index in [4.69, 9.17) is 4.84 Å². The second-order valence-corrected chi connectivity index (χ2v) is 5.79. The average molecular weight is 239 g/mol. The maximum absolute atomic E-state index is 11.9. The van der Waals surface area contributed by atoms with Crippen molar-refractivity contribution in [3.8, 4) is 0 Å². The lowest BCUT2D eigenvalue weighted by atomic mass is 10.0. The highest BCUT2D eigenvalue weighted by molar-refractivity contribution is 7.91. The predicted octanol–water partition coefficient (Wildman–Crippen LogP) is 1.52. The lowest BCUT2D eigenvalue weighted by Crippen LogP contribution is -2.23. The Morgan fingerprint density at radius 1 is 1.38 bits per heavy atom. The van der Waals surface area contributed by atoms with Crippen LogP contribution in [0, 0.1) is 6.92 Å². The lowest BCUT2D eigenvalue weighted by molar-refractivity contribution is 0.213. The van der Waals surface area contributed by atoms with Crippen molar-refractivity contribution >= 4 is 15.5 Å². The van der Waals surface area contributed by atoms with Gasteiger partial charge in [-0.15, -0.1) is 0 Å². The van der Waals surface area contributed by atoms with Gasteiger partial charge in [0.05, 0.1) is 16.4 Å². The normalized spacial score (nSPS) is 20.5. The predicted molar refractivity (Wildman–Crippen MR) is 61.4 cm³/mol. The van der Waals surface area contributed by atoms with E-state index < -0.39 is 9.84 Å². The van der Waals surface area contributed by atoms with Gasteiger partial charge in [-0.05, 0) is 12.5 Å². The van der Waals surface area contributed by atoms with Gasteiger partial charge in [0.15, 0.2) is 9.84 Å². The molecular weight excluding hydrogens is 226 g/mol. The van der Waals surface area contributed by atoms with Gasteiger partial charge in [0, 0.05) is 12.0 Å². The number of fused-ring (bicyclic) bond motifs is 1. The number of sulfone groups is 1. The summed E-state index contributed by atoms with van der Waals surface area (Å²) in [5, 5.41) is 3.88. The molecule has 0 aromatic heterocycles. The van der Waals surface area contributed by atoms with Crippen molar-refractivity contribution in [3.63, 3.8) is 0 Å². The Kier molecular flexibility index (Phi) is 2.71. The van der Waals surface area contributed by atoms with Gasteiger partial charge in [-0.3, -0.25) is 0 Å². The Labute approximate surface area is 94.8 Å². The molecule has 1 aliphatic rings. The molecule has 0 radical (unpaired) electrons. The smallest absolute Gasteiger partial charge is 0.179 e. The van der Waals surface area contributed by atoms with E-state index in [1.54, 1.807) is 19.1 Å². The van der Waals surface area contributed by atoms with E-state index in [0.29, 0.717) is 22.6 Å². The van der Waals surface area contributed by atoms with Gasteiger partial charge in [-0.1, -0.05) is 23.4 Å². The summed E-state index contributed by atoms with van der Waals surface area (Å²) in [5.74, 6) is 0.104. The fourth-order valence-electron chi connectivity index (χ4n) is 1.97. The van der Waals surface area contributed by atoms with Crippen molar-refractivity contribution in [2.75, 3.05) is 12.9 Å². The Hall–Kier alpha value is -1.36. The molecule has 0 saturated carbocycles. The molecule has 0 atom stereocenters. The maximum atomic E-state index is 11.9. The molecule has 0 unspecified atom stereocenters. The van der Waals surface area contributed by atoms with Crippen LogP contribution < -0.4 is 0 Å². The molecule has 0 bridgehead atoms. The summed E-state index contributed by atoms with van der Waals surface area (Å²) in [6, 6.07) is 5.41. The Balaban J connectivity index is 2.72. The van der Waals surface area contributed by atoms with E-state index in [-0.39, 0.29) is 5.75 Å². The third-order valence-corrected chi connectivity index (χ3v) is 4.55. The summed E-state index contributed by atoms with van der Waals surface area (Å²) in [4.78, 5) is 5.14. The minimum atomic E-state index is -3.16. The van der Waals surface area contributed by atoms with Crippen LogP contribution in [0.5, 0.6) is 0 Å². The summed E-state index contributed by atoms with van der Waals surface area (Å²) in [6.45, 7) is 1.80. The van der Waals surface area contributed by atoms with Crippen molar-refractivity contribution in [1.29, 1.82) is 0 Å². The SMILES string of the molecule is CO/N=C1/CCS(=O)(=O)c2c(C)cccc21. The molecule has 0 amide bonds. The Morgan fingerprint density at radius 2 is 2.12 bits per heavy atom. The monoisotopic (exact) mass is 239 g/mol. The number of aryl methyl sites for hydroxylation is 1. The van der Waals surface area contributed by atoms with Crippen LogP contribution in [0.25, 0.3) is 0 Å². The first kappa shape index (κ1) is 11.1. The molecule has 86 valence electrons. The van der Waals surface area contributed by atoms with Gasteiger partial charge in [0.1, 0.15) is 7.11 Å². The molecule has 1 aromatic rings. The van der Waals surface area contributed by atoms with Gasteiger partial charge < -0.3 is 4.84 Å². The van der Waals surface area contributed by atoms with Crippen molar-refractivity contribution in [1.82, 2.24) is 0 Å². The summed E-state index contributed by atoms with van der Waals surface area (Å²) < 4.78 is 23.9. The van der Waals surface area contributed by atoms with Crippen LogP contribution in [0.3, 0.4) is 0 Å². The number of benzene rings is 1. The quantitative estimate of drug-likeness (QED) is 0.698. The van der Waals surface area contributed by atoms with Gasteiger partial charge >= 0.3 is 0 Å². The van der Waals surface area contributed by atoms with Crippen LogP contribution >= 0.6 is 0 Å². The van der Waals surface area contributed by atoms with Crippen LogP contribution in [0.1, 0.15) is 17.5 Å². The molecule has 1 aliphatic heterocycles. The molecule has 0 spiro atoms. The van der Waals surface area contributed by atoms with Crippen LogP contribution in [-0.4, -0.2) is 27.0 Å². The second-order valence-electron chi connectivity index (χ2n) is 3.74. The van der Waals surface area contributed by atoms with E-state index in [1.807, 2.05) is 6.07 Å². The van der Waals surface area contributed by atoms with Gasteiger partial charge in [-0.25, -0.2) is 8.42 Å².